The topological polar surface area (TPSA) is 44.1 Å². The Bertz CT molecular complexity index is 825. The third-order valence-electron chi connectivity index (χ3n) is 3.88. The Morgan fingerprint density at radius 3 is 2.00 bits per heavy atom. The summed E-state index contributed by atoms with van der Waals surface area (Å²) in [5, 5.41) is 4.25. The maximum absolute atomic E-state index is 12.5. The van der Waals surface area contributed by atoms with Crippen molar-refractivity contribution < 1.29 is 4.74 Å². The number of unbranched alkanes of at least 4 members (excludes halogenated alkanes) is 2. The average Bonchev–Trinajstić information content (AvgIpc) is 3.30. The van der Waals surface area contributed by atoms with Gasteiger partial charge in [0, 0.05) is 7.05 Å². The molecule has 2 aliphatic heterocycles. The van der Waals surface area contributed by atoms with E-state index in [4.69, 9.17) is 4.74 Å². The molecule has 0 radical (unpaired) electrons. The van der Waals surface area contributed by atoms with E-state index in [1.807, 2.05) is 47.0 Å². The van der Waals surface area contributed by atoms with Gasteiger partial charge in [-0.15, -0.1) is 28.6 Å². The molecule has 4 nitrogen and oxygen atoms in total. The van der Waals surface area contributed by atoms with Gasteiger partial charge in [0.2, 0.25) is 5.88 Å². The highest BCUT2D eigenvalue weighted by Crippen LogP contribution is 2.64. The molecule has 28 heavy (non-hydrogen) atoms. The molecule has 3 heterocycles. The van der Waals surface area contributed by atoms with Gasteiger partial charge in [0.15, 0.2) is 0 Å². The van der Waals surface area contributed by atoms with Crippen LogP contribution < -0.4 is 10.3 Å². The minimum absolute atomic E-state index is 0.0556. The van der Waals surface area contributed by atoms with Gasteiger partial charge in [0.05, 0.1) is 33.8 Å². The molecular formula is C18H24N2O2S6. The van der Waals surface area contributed by atoms with Crippen molar-refractivity contribution in [2.75, 3.05) is 18.6 Å². The quantitative estimate of drug-likeness (QED) is 0.347. The zero-order chi connectivity index (χ0) is 20.1. The van der Waals surface area contributed by atoms with Crippen LogP contribution in [0.4, 0.5) is 0 Å². The minimum Gasteiger partial charge on any atom is -0.479 e. The first-order valence-corrected chi connectivity index (χ1v) is 14.4. The Labute approximate surface area is 192 Å². The zero-order valence-corrected chi connectivity index (χ0v) is 21.3. The second-order valence-corrected chi connectivity index (χ2v) is 13.4. The van der Waals surface area contributed by atoms with Crippen LogP contribution in [0.2, 0.25) is 0 Å². The van der Waals surface area contributed by atoms with Crippen molar-refractivity contribution in [1.29, 1.82) is 0 Å². The van der Waals surface area contributed by atoms with Gasteiger partial charge in [-0.2, -0.15) is 0 Å². The highest BCUT2D eigenvalue weighted by Gasteiger charge is 2.33. The summed E-state index contributed by atoms with van der Waals surface area (Å²) in [6.45, 7) is 4.47. The average molecular weight is 493 g/mol. The van der Waals surface area contributed by atoms with E-state index in [2.05, 4.69) is 18.9 Å². The van der Waals surface area contributed by atoms with Crippen LogP contribution in [0.25, 0.3) is 0 Å². The zero-order valence-electron chi connectivity index (χ0n) is 16.4. The van der Waals surface area contributed by atoms with E-state index in [9.17, 15) is 4.79 Å². The number of aryl methyl sites for hydroxylation is 1. The molecule has 0 saturated carbocycles. The predicted molar refractivity (Wildman–Crippen MR) is 132 cm³/mol. The van der Waals surface area contributed by atoms with Crippen molar-refractivity contribution in [3.8, 4) is 5.88 Å². The summed E-state index contributed by atoms with van der Waals surface area (Å²) in [5.74, 6) is 2.86. The number of nitrogens with zero attached hydrogens (tertiary/aromatic N) is 2. The van der Waals surface area contributed by atoms with Crippen LogP contribution in [-0.4, -0.2) is 28.4 Å². The molecule has 3 rings (SSSR count). The minimum atomic E-state index is -0.0556. The van der Waals surface area contributed by atoms with Crippen molar-refractivity contribution in [3.05, 3.63) is 27.3 Å². The molecule has 0 saturated heterocycles. The number of fused-ring (bicyclic) bond motifs is 1. The predicted octanol–water partition coefficient (Wildman–Crippen LogP) is 6.79. The van der Waals surface area contributed by atoms with E-state index in [0.29, 0.717) is 5.88 Å². The fourth-order valence-electron chi connectivity index (χ4n) is 2.32. The van der Waals surface area contributed by atoms with Gasteiger partial charge in [0.25, 0.3) is 5.56 Å². The molecule has 0 aliphatic carbocycles. The van der Waals surface area contributed by atoms with Crippen LogP contribution in [0.15, 0.2) is 31.5 Å². The van der Waals surface area contributed by atoms with Gasteiger partial charge in [-0.1, -0.05) is 73.7 Å². The molecule has 1 aromatic rings. The fraction of sp³-hybridized carbons (Fsp3) is 0.556. The molecule has 0 unspecified atom stereocenters. The van der Waals surface area contributed by atoms with Crippen LogP contribution in [0, 0.1) is 0 Å². The summed E-state index contributed by atoms with van der Waals surface area (Å²) in [4.78, 5) is 14.1. The van der Waals surface area contributed by atoms with Gasteiger partial charge in [-0.05, 0) is 24.3 Å². The lowest BCUT2D eigenvalue weighted by molar-refractivity contribution is 0.366. The molecule has 1 aromatic heterocycles. The molecule has 0 aromatic carbocycles. The summed E-state index contributed by atoms with van der Waals surface area (Å²) in [7, 11) is 3.28. The number of methoxy groups -OCH3 is 1. The van der Waals surface area contributed by atoms with Crippen molar-refractivity contribution in [2.45, 2.75) is 49.3 Å². The van der Waals surface area contributed by atoms with Crippen LogP contribution in [0.5, 0.6) is 5.88 Å². The van der Waals surface area contributed by atoms with E-state index in [0.717, 1.165) is 9.79 Å². The van der Waals surface area contributed by atoms with Crippen LogP contribution in [0.3, 0.4) is 0 Å². The normalized spacial score (nSPS) is 16.3. The molecule has 10 heteroatoms. The largest absolute Gasteiger partial charge is 0.479 e. The number of hydrogen-bond donors (Lipinski definition) is 0. The molecule has 0 N–H and O–H groups in total. The Hall–Kier alpha value is 0.260. The van der Waals surface area contributed by atoms with E-state index in [1.165, 1.54) is 58.8 Å². The second kappa shape index (κ2) is 11.0. The Morgan fingerprint density at radius 2 is 1.46 bits per heavy atom. The lowest BCUT2D eigenvalue weighted by atomic mass is 10.4. The monoisotopic (exact) mass is 492 g/mol. The van der Waals surface area contributed by atoms with Gasteiger partial charge >= 0.3 is 0 Å². The third kappa shape index (κ3) is 5.29. The second-order valence-electron chi connectivity index (χ2n) is 6.06. The standard InChI is InChI=1S/C18H24N2O2S6/c1-5-7-9-23-15-16(24-10-8-6-2)28-18(27-15)17-25-11-12(26-17)14(21)20(3)19-13(11)22-4/h5-10H2,1-4H3. The Morgan fingerprint density at radius 1 is 0.929 bits per heavy atom. The molecule has 0 fully saturated rings. The number of hydrogen-bond acceptors (Lipinski definition) is 9. The molecular weight excluding hydrogens is 469 g/mol. The molecule has 154 valence electrons. The molecule has 2 aliphatic rings. The number of aromatic nitrogens is 2. The molecule has 0 bridgehead atoms. The van der Waals surface area contributed by atoms with E-state index in [1.54, 1.807) is 37.7 Å². The summed E-state index contributed by atoms with van der Waals surface area (Å²) in [5.41, 5.74) is -0.0556. The summed E-state index contributed by atoms with van der Waals surface area (Å²) < 4.78 is 12.1. The van der Waals surface area contributed by atoms with Crippen LogP contribution in [-0.2, 0) is 7.05 Å². The van der Waals surface area contributed by atoms with Crippen molar-refractivity contribution >= 4 is 70.6 Å². The van der Waals surface area contributed by atoms with Gasteiger partial charge in [-0.3, -0.25) is 4.79 Å². The summed E-state index contributed by atoms with van der Waals surface area (Å²) >= 11 is 10.9. The van der Waals surface area contributed by atoms with E-state index in [-0.39, 0.29) is 5.56 Å². The SMILES string of the molecule is CCCCSC1=C(SCCCC)SC(=C2Sc3c(OC)nn(C)c(=O)c3S2)S1. The summed E-state index contributed by atoms with van der Waals surface area (Å²) in [6.07, 6.45) is 4.93. The van der Waals surface area contributed by atoms with Crippen molar-refractivity contribution in [3.63, 3.8) is 0 Å². The van der Waals surface area contributed by atoms with Crippen LogP contribution >= 0.6 is 70.6 Å². The smallest absolute Gasteiger partial charge is 0.281 e. The first-order valence-electron chi connectivity index (χ1n) is 9.19. The van der Waals surface area contributed by atoms with Crippen molar-refractivity contribution in [2.24, 2.45) is 7.05 Å². The highest BCUT2D eigenvalue weighted by atomic mass is 32.3. The Balaban J connectivity index is 1.81. The van der Waals surface area contributed by atoms with Gasteiger partial charge < -0.3 is 4.74 Å². The number of thioether (sulfide) groups is 6. The lowest BCUT2D eigenvalue weighted by Crippen LogP contribution is -2.21. The van der Waals surface area contributed by atoms with Gasteiger partial charge in [-0.25, -0.2) is 4.68 Å². The maximum Gasteiger partial charge on any atom is 0.281 e. The maximum atomic E-state index is 12.5. The fourth-order valence-corrected chi connectivity index (χ4v) is 11.4. The first-order chi connectivity index (χ1) is 13.6. The third-order valence-corrected chi connectivity index (χ3v) is 12.7. The van der Waals surface area contributed by atoms with E-state index < -0.39 is 0 Å². The van der Waals surface area contributed by atoms with Crippen molar-refractivity contribution in [1.82, 2.24) is 9.78 Å². The number of ether oxygens (including phenoxy) is 1. The summed E-state index contributed by atoms with van der Waals surface area (Å²) in [6, 6.07) is 0. The van der Waals surface area contributed by atoms with E-state index >= 15 is 0 Å². The number of rotatable bonds is 9. The van der Waals surface area contributed by atoms with Gasteiger partial charge in [0.1, 0.15) is 0 Å². The first kappa shape index (κ1) is 22.9. The highest BCUT2D eigenvalue weighted by molar-refractivity contribution is 8.42. The van der Waals surface area contributed by atoms with Crippen LogP contribution in [0.1, 0.15) is 39.5 Å². The Kier molecular flexibility index (Phi) is 9.04. The lowest BCUT2D eigenvalue weighted by Gasteiger charge is -2.05. The molecule has 0 spiro atoms. The molecule has 0 amide bonds. The molecule has 0 atom stereocenters.